The number of piperazine rings is 1. The van der Waals surface area contributed by atoms with E-state index in [1.165, 1.54) is 19.4 Å². The van der Waals surface area contributed by atoms with Crippen LogP contribution in [0.5, 0.6) is 11.5 Å². The first-order valence-corrected chi connectivity index (χ1v) is 9.60. The smallest absolute Gasteiger partial charge is 0.261 e. The van der Waals surface area contributed by atoms with Gasteiger partial charge in [0.05, 0.1) is 14.2 Å². The number of carbonyl (C=O) groups excluding carboxylic acids is 1. The molecule has 4 rings (SSSR count). The lowest BCUT2D eigenvalue weighted by molar-refractivity contribution is 0.0604. The van der Waals surface area contributed by atoms with E-state index in [1.807, 2.05) is 23.1 Å². The van der Waals surface area contributed by atoms with Crippen molar-refractivity contribution < 1.29 is 14.3 Å². The van der Waals surface area contributed by atoms with Gasteiger partial charge in [0, 0.05) is 32.7 Å². The predicted molar refractivity (Wildman–Crippen MR) is 101 cm³/mol. The highest BCUT2D eigenvalue weighted by atomic mass is 16.5. The van der Waals surface area contributed by atoms with Crippen molar-refractivity contribution >= 4 is 5.91 Å². The number of hydrogen-bond donors (Lipinski definition) is 0. The molecule has 2 bridgehead atoms. The molecule has 2 aliphatic carbocycles. The van der Waals surface area contributed by atoms with E-state index in [-0.39, 0.29) is 5.91 Å². The van der Waals surface area contributed by atoms with Gasteiger partial charge in [0.2, 0.25) is 0 Å². The Labute approximate surface area is 155 Å². The van der Waals surface area contributed by atoms with Crippen molar-refractivity contribution in [2.45, 2.75) is 12.8 Å². The van der Waals surface area contributed by atoms with Crippen LogP contribution in [0.3, 0.4) is 0 Å². The molecule has 2 fully saturated rings. The zero-order valence-electron chi connectivity index (χ0n) is 15.7. The number of methoxy groups -OCH3 is 2. The number of amides is 1. The molecule has 0 N–H and O–H groups in total. The fraction of sp³-hybridized carbons (Fsp3) is 0.571. The average molecular weight is 356 g/mol. The van der Waals surface area contributed by atoms with Crippen molar-refractivity contribution in [1.29, 1.82) is 0 Å². The van der Waals surface area contributed by atoms with Gasteiger partial charge in [-0.1, -0.05) is 18.2 Å². The molecular formula is C21H28N2O3. The highest BCUT2D eigenvalue weighted by Gasteiger charge is 2.37. The number of hydrogen-bond acceptors (Lipinski definition) is 4. The van der Waals surface area contributed by atoms with Gasteiger partial charge in [-0.05, 0) is 42.7 Å². The molecule has 1 saturated carbocycles. The number of ether oxygens (including phenoxy) is 2. The maximum atomic E-state index is 13.1. The Morgan fingerprint density at radius 3 is 2.27 bits per heavy atom. The van der Waals surface area contributed by atoms with E-state index in [1.54, 1.807) is 14.2 Å². The second-order valence-electron chi connectivity index (χ2n) is 7.67. The quantitative estimate of drug-likeness (QED) is 0.761. The van der Waals surface area contributed by atoms with Gasteiger partial charge in [0.15, 0.2) is 0 Å². The largest absolute Gasteiger partial charge is 0.496 e. The molecule has 1 amide bonds. The minimum Gasteiger partial charge on any atom is -0.496 e. The molecule has 140 valence electrons. The van der Waals surface area contributed by atoms with Crippen molar-refractivity contribution in [2.24, 2.45) is 17.8 Å². The molecule has 5 heteroatoms. The summed E-state index contributed by atoms with van der Waals surface area (Å²) in [5, 5.41) is 0. The summed E-state index contributed by atoms with van der Waals surface area (Å²) in [5.41, 5.74) is 0.532. The van der Waals surface area contributed by atoms with Crippen LogP contribution >= 0.6 is 0 Å². The second kappa shape index (κ2) is 7.31. The normalized spacial score (nSPS) is 27.8. The van der Waals surface area contributed by atoms with Gasteiger partial charge >= 0.3 is 0 Å². The summed E-state index contributed by atoms with van der Waals surface area (Å²) >= 11 is 0. The lowest BCUT2D eigenvalue weighted by Crippen LogP contribution is -2.50. The average Bonchev–Trinajstić information content (AvgIpc) is 3.30. The number of benzene rings is 1. The summed E-state index contributed by atoms with van der Waals surface area (Å²) in [6.07, 6.45) is 7.53. The number of allylic oxidation sites excluding steroid dienone is 2. The van der Waals surface area contributed by atoms with Crippen molar-refractivity contribution in [3.8, 4) is 11.5 Å². The molecule has 3 atom stereocenters. The van der Waals surface area contributed by atoms with Gasteiger partial charge in [-0.2, -0.15) is 0 Å². The Morgan fingerprint density at radius 1 is 1.04 bits per heavy atom. The highest BCUT2D eigenvalue weighted by Crippen LogP contribution is 2.43. The summed E-state index contributed by atoms with van der Waals surface area (Å²) in [6.45, 7) is 4.58. The standard InChI is InChI=1S/C21H28N2O3/c1-25-18-4-3-5-19(26-2)20(18)21(24)23-10-8-22(9-11-23)14-17-13-15-6-7-16(17)12-15/h3-7,15-17H,8-14H2,1-2H3/t15-,16-,17-/m1/s1. The third kappa shape index (κ3) is 3.20. The third-order valence-electron chi connectivity index (χ3n) is 6.21. The van der Waals surface area contributed by atoms with Gasteiger partial charge in [-0.25, -0.2) is 0 Å². The highest BCUT2D eigenvalue weighted by molar-refractivity contribution is 5.99. The molecule has 0 spiro atoms. The van der Waals surface area contributed by atoms with Crippen LogP contribution in [0, 0.1) is 17.8 Å². The van der Waals surface area contributed by atoms with Crippen LogP contribution in [-0.4, -0.2) is 62.7 Å². The summed E-state index contributed by atoms with van der Waals surface area (Å²) in [7, 11) is 3.18. The van der Waals surface area contributed by atoms with Crippen LogP contribution in [0.2, 0.25) is 0 Å². The maximum Gasteiger partial charge on any atom is 0.261 e. The van der Waals surface area contributed by atoms with Gasteiger partial charge in [-0.3, -0.25) is 9.69 Å². The Kier molecular flexibility index (Phi) is 4.90. The van der Waals surface area contributed by atoms with Crippen LogP contribution < -0.4 is 9.47 Å². The molecule has 1 aliphatic heterocycles. The summed E-state index contributed by atoms with van der Waals surface area (Å²) < 4.78 is 10.8. The van der Waals surface area contributed by atoms with Crippen LogP contribution in [0.15, 0.2) is 30.4 Å². The SMILES string of the molecule is COc1cccc(OC)c1C(=O)N1CCN(C[C@H]2C[C@@H]3C=C[C@@H]2C3)CC1. The summed E-state index contributed by atoms with van der Waals surface area (Å²) in [4.78, 5) is 17.5. The molecule has 0 aromatic heterocycles. The number of carbonyl (C=O) groups is 1. The van der Waals surface area contributed by atoms with E-state index < -0.39 is 0 Å². The van der Waals surface area contributed by atoms with E-state index in [2.05, 4.69) is 17.1 Å². The van der Waals surface area contributed by atoms with Gasteiger partial charge in [-0.15, -0.1) is 0 Å². The van der Waals surface area contributed by atoms with Gasteiger partial charge in [0.1, 0.15) is 17.1 Å². The molecule has 1 saturated heterocycles. The first-order chi connectivity index (χ1) is 12.7. The Balaban J connectivity index is 1.37. The summed E-state index contributed by atoms with van der Waals surface area (Å²) in [6, 6.07) is 5.47. The van der Waals surface area contributed by atoms with Gasteiger partial charge in [0.25, 0.3) is 5.91 Å². The van der Waals surface area contributed by atoms with Crippen molar-refractivity contribution in [2.75, 3.05) is 46.9 Å². The molecule has 1 aromatic carbocycles. The predicted octanol–water partition coefficient (Wildman–Crippen LogP) is 2.67. The van der Waals surface area contributed by atoms with Crippen LogP contribution in [0.1, 0.15) is 23.2 Å². The Hall–Kier alpha value is -2.01. The van der Waals surface area contributed by atoms with Crippen molar-refractivity contribution in [3.05, 3.63) is 35.9 Å². The van der Waals surface area contributed by atoms with Crippen LogP contribution in [0.25, 0.3) is 0 Å². The van der Waals surface area contributed by atoms with Gasteiger partial charge < -0.3 is 14.4 Å². The Bertz CT molecular complexity index is 672. The lowest BCUT2D eigenvalue weighted by atomic mass is 9.93. The van der Waals surface area contributed by atoms with E-state index in [0.29, 0.717) is 17.1 Å². The zero-order valence-corrected chi connectivity index (χ0v) is 15.7. The zero-order chi connectivity index (χ0) is 18.1. The lowest BCUT2D eigenvalue weighted by Gasteiger charge is -2.37. The van der Waals surface area contributed by atoms with E-state index in [4.69, 9.17) is 9.47 Å². The monoisotopic (exact) mass is 356 g/mol. The Morgan fingerprint density at radius 2 is 1.73 bits per heavy atom. The topological polar surface area (TPSA) is 42.0 Å². The second-order valence-corrected chi connectivity index (χ2v) is 7.67. The maximum absolute atomic E-state index is 13.1. The molecule has 0 unspecified atom stereocenters. The first-order valence-electron chi connectivity index (χ1n) is 9.60. The molecule has 0 radical (unpaired) electrons. The number of fused-ring (bicyclic) bond motifs is 2. The minimum atomic E-state index is 0.00167. The van der Waals surface area contributed by atoms with E-state index in [9.17, 15) is 4.79 Å². The molecule has 1 aromatic rings. The number of rotatable bonds is 5. The molecule has 3 aliphatic rings. The van der Waals surface area contributed by atoms with Crippen LogP contribution in [-0.2, 0) is 0 Å². The van der Waals surface area contributed by atoms with Crippen LogP contribution in [0.4, 0.5) is 0 Å². The van der Waals surface area contributed by atoms with Crippen molar-refractivity contribution in [1.82, 2.24) is 9.80 Å². The fourth-order valence-corrected chi connectivity index (χ4v) is 4.79. The molecular weight excluding hydrogens is 328 g/mol. The van der Waals surface area contributed by atoms with Crippen molar-refractivity contribution in [3.63, 3.8) is 0 Å². The van der Waals surface area contributed by atoms with E-state index in [0.717, 1.165) is 43.9 Å². The molecule has 1 heterocycles. The first kappa shape index (κ1) is 17.4. The minimum absolute atomic E-state index is 0.00167. The molecule has 26 heavy (non-hydrogen) atoms. The molecule has 5 nitrogen and oxygen atoms in total. The number of nitrogens with zero attached hydrogens (tertiary/aromatic N) is 2. The summed E-state index contributed by atoms with van der Waals surface area (Å²) in [5.74, 6) is 3.57. The third-order valence-corrected chi connectivity index (χ3v) is 6.21. The van der Waals surface area contributed by atoms with E-state index >= 15 is 0 Å². The fourth-order valence-electron chi connectivity index (χ4n) is 4.79.